The van der Waals surface area contributed by atoms with Gasteiger partial charge in [0.15, 0.2) is 0 Å². The number of carbonyl (C=O) groups is 1. The predicted octanol–water partition coefficient (Wildman–Crippen LogP) is 4.93. The van der Waals surface area contributed by atoms with Crippen LogP contribution in [0.25, 0.3) is 0 Å². The number of cyclic esters (lactones) is 1. The number of likely N-dealkylation sites (N-methyl/N-ethyl adjacent to an activating group) is 1. The number of halogens is 1. The smallest absolute Gasteiger partial charge is 0.319 e. The molecule has 160 valence electrons. The molecule has 31 heavy (non-hydrogen) atoms. The third kappa shape index (κ3) is 4.32. The van der Waals surface area contributed by atoms with Gasteiger partial charge in [-0.15, -0.1) is 0 Å². The lowest BCUT2D eigenvalue weighted by Crippen LogP contribution is -2.46. The summed E-state index contributed by atoms with van der Waals surface area (Å²) in [6, 6.07) is 27.3. The van der Waals surface area contributed by atoms with Crippen molar-refractivity contribution in [3.8, 4) is 5.75 Å². The van der Waals surface area contributed by atoms with Crippen LogP contribution in [0.1, 0.15) is 17.0 Å². The van der Waals surface area contributed by atoms with E-state index in [-0.39, 0.29) is 18.5 Å². The zero-order valence-electron chi connectivity index (χ0n) is 17.7. The zero-order chi connectivity index (χ0) is 21.8. The first-order valence-electron chi connectivity index (χ1n) is 10.4. The van der Waals surface area contributed by atoms with Crippen LogP contribution < -0.4 is 4.74 Å². The van der Waals surface area contributed by atoms with Crippen molar-refractivity contribution in [1.82, 2.24) is 4.90 Å². The Hall–Kier alpha value is -2.82. The van der Waals surface area contributed by atoms with Gasteiger partial charge in [-0.1, -0.05) is 72.3 Å². The quantitative estimate of drug-likeness (QED) is 0.493. The van der Waals surface area contributed by atoms with Gasteiger partial charge in [-0.2, -0.15) is 0 Å². The van der Waals surface area contributed by atoms with E-state index in [1.807, 2.05) is 79.7 Å². The molecule has 0 aromatic heterocycles. The highest BCUT2D eigenvalue weighted by molar-refractivity contribution is 6.30. The van der Waals surface area contributed by atoms with E-state index in [4.69, 9.17) is 21.1 Å². The van der Waals surface area contributed by atoms with Crippen LogP contribution in [0.2, 0.25) is 5.02 Å². The summed E-state index contributed by atoms with van der Waals surface area (Å²) in [5.41, 5.74) is 1.18. The highest BCUT2D eigenvalue weighted by Gasteiger charge is 2.59. The number of nitrogens with zero attached hydrogens (tertiary/aromatic N) is 1. The normalized spacial score (nSPS) is 23.0. The van der Waals surface area contributed by atoms with Crippen LogP contribution in [-0.2, 0) is 14.9 Å². The first-order valence-corrected chi connectivity index (χ1v) is 10.7. The van der Waals surface area contributed by atoms with E-state index >= 15 is 0 Å². The molecule has 0 bridgehead atoms. The maximum Gasteiger partial charge on any atom is 0.319 e. The molecule has 0 radical (unpaired) electrons. The minimum absolute atomic E-state index is 0.196. The fraction of sp³-hybridized carbons (Fsp3) is 0.269. The van der Waals surface area contributed by atoms with Crippen LogP contribution in [0.5, 0.6) is 5.75 Å². The highest BCUT2D eigenvalue weighted by Crippen LogP contribution is 2.49. The van der Waals surface area contributed by atoms with Gasteiger partial charge in [0.2, 0.25) is 0 Å². The lowest BCUT2D eigenvalue weighted by molar-refractivity contribution is -0.146. The summed E-state index contributed by atoms with van der Waals surface area (Å²) in [6.45, 7) is 0.793. The number of hydrogen-bond acceptors (Lipinski definition) is 4. The molecule has 1 aliphatic rings. The first kappa shape index (κ1) is 21.4. The number of hydrogen-bond donors (Lipinski definition) is 0. The molecule has 3 aromatic carbocycles. The molecule has 1 aliphatic heterocycles. The Balaban J connectivity index is 1.75. The Labute approximate surface area is 188 Å². The number of rotatable bonds is 7. The molecule has 0 aliphatic carbocycles. The van der Waals surface area contributed by atoms with Crippen LogP contribution in [0, 0.1) is 0 Å². The van der Waals surface area contributed by atoms with Crippen molar-refractivity contribution in [3.05, 3.63) is 101 Å². The topological polar surface area (TPSA) is 38.8 Å². The molecular formula is C26H26ClNO3. The molecular weight excluding hydrogens is 410 g/mol. The summed E-state index contributed by atoms with van der Waals surface area (Å²) in [4.78, 5) is 15.6. The molecule has 0 saturated carbocycles. The lowest BCUT2D eigenvalue weighted by Gasteiger charge is -2.35. The van der Waals surface area contributed by atoms with Crippen molar-refractivity contribution in [3.63, 3.8) is 0 Å². The van der Waals surface area contributed by atoms with E-state index in [2.05, 4.69) is 12.1 Å². The monoisotopic (exact) mass is 435 g/mol. The van der Waals surface area contributed by atoms with Gasteiger partial charge in [0.25, 0.3) is 0 Å². The summed E-state index contributed by atoms with van der Waals surface area (Å²) in [5.74, 6) is 0.279. The fourth-order valence-corrected chi connectivity index (χ4v) is 4.67. The zero-order valence-corrected chi connectivity index (χ0v) is 18.5. The molecule has 4 rings (SSSR count). The lowest BCUT2D eigenvalue weighted by atomic mass is 9.67. The number of ether oxygens (including phenoxy) is 2. The van der Waals surface area contributed by atoms with E-state index in [1.54, 1.807) is 12.1 Å². The Morgan fingerprint density at radius 1 is 0.935 bits per heavy atom. The minimum Gasteiger partial charge on any atom is -0.490 e. The minimum atomic E-state index is -0.833. The van der Waals surface area contributed by atoms with Crippen molar-refractivity contribution < 1.29 is 14.3 Å². The van der Waals surface area contributed by atoms with Crippen LogP contribution >= 0.6 is 11.6 Å². The van der Waals surface area contributed by atoms with E-state index in [0.717, 1.165) is 11.1 Å². The van der Waals surface area contributed by atoms with E-state index in [9.17, 15) is 4.79 Å². The Kier molecular flexibility index (Phi) is 6.30. The Morgan fingerprint density at radius 2 is 1.55 bits per heavy atom. The summed E-state index contributed by atoms with van der Waals surface area (Å²) in [5, 5.41) is 0.649. The first-order chi connectivity index (χ1) is 15.0. The maximum atomic E-state index is 13.6. The van der Waals surface area contributed by atoms with Crippen LogP contribution in [0.3, 0.4) is 0 Å². The van der Waals surface area contributed by atoms with E-state index in [1.165, 1.54) is 0 Å². The number of benzene rings is 3. The molecule has 3 atom stereocenters. The molecule has 3 unspecified atom stereocenters. The third-order valence-electron chi connectivity index (χ3n) is 5.77. The second-order valence-electron chi connectivity index (χ2n) is 8.17. The molecule has 1 fully saturated rings. The van der Waals surface area contributed by atoms with Gasteiger partial charge in [0, 0.05) is 17.5 Å². The molecule has 0 spiro atoms. The van der Waals surface area contributed by atoms with Gasteiger partial charge in [-0.3, -0.25) is 4.79 Å². The van der Waals surface area contributed by atoms with Crippen LogP contribution in [0.4, 0.5) is 0 Å². The average molecular weight is 436 g/mol. The van der Waals surface area contributed by atoms with Crippen molar-refractivity contribution in [2.45, 2.75) is 17.4 Å². The van der Waals surface area contributed by atoms with Gasteiger partial charge >= 0.3 is 5.97 Å². The van der Waals surface area contributed by atoms with Gasteiger partial charge in [-0.05, 0) is 49.5 Å². The molecule has 1 heterocycles. The van der Waals surface area contributed by atoms with Gasteiger partial charge in [0.05, 0.1) is 0 Å². The van der Waals surface area contributed by atoms with Crippen molar-refractivity contribution in [1.29, 1.82) is 0 Å². The fourth-order valence-electron chi connectivity index (χ4n) is 4.54. The molecule has 3 aromatic rings. The van der Waals surface area contributed by atoms with Crippen LogP contribution in [0.15, 0.2) is 84.9 Å². The summed E-state index contributed by atoms with van der Waals surface area (Å²) < 4.78 is 12.1. The number of carbonyl (C=O) groups excluding carboxylic acids is 1. The largest absolute Gasteiger partial charge is 0.490 e. The van der Waals surface area contributed by atoms with Crippen molar-refractivity contribution in [2.75, 3.05) is 27.2 Å². The maximum absolute atomic E-state index is 13.6. The molecule has 0 N–H and O–H groups in total. The third-order valence-corrected chi connectivity index (χ3v) is 6.02. The average Bonchev–Trinajstić information content (AvgIpc) is 3.06. The second-order valence-corrected chi connectivity index (χ2v) is 8.61. The highest BCUT2D eigenvalue weighted by atomic mass is 35.5. The predicted molar refractivity (Wildman–Crippen MR) is 123 cm³/mol. The SMILES string of the molecule is CN(C)CC1(c2ccccc2)C(=O)OC(COc2ccc(Cl)cc2)C1c1ccccc1. The van der Waals surface area contributed by atoms with Gasteiger partial charge < -0.3 is 14.4 Å². The Bertz CT molecular complexity index is 1010. The van der Waals surface area contributed by atoms with E-state index in [0.29, 0.717) is 17.3 Å². The van der Waals surface area contributed by atoms with Gasteiger partial charge in [0.1, 0.15) is 23.9 Å². The number of esters is 1. The summed E-state index contributed by atoms with van der Waals surface area (Å²) >= 11 is 5.99. The van der Waals surface area contributed by atoms with Crippen molar-refractivity contribution >= 4 is 17.6 Å². The standard InChI is InChI=1S/C26H26ClNO3/c1-28(2)18-26(20-11-7-4-8-12-20)24(19-9-5-3-6-10-19)23(31-25(26)29)17-30-22-15-13-21(27)14-16-22/h3-16,23-24H,17-18H2,1-2H3. The van der Waals surface area contributed by atoms with Crippen LogP contribution in [-0.4, -0.2) is 44.2 Å². The summed E-state index contributed by atoms with van der Waals surface area (Å²) in [6.07, 6.45) is -0.425. The Morgan fingerprint density at radius 3 is 2.16 bits per heavy atom. The van der Waals surface area contributed by atoms with E-state index < -0.39 is 11.5 Å². The van der Waals surface area contributed by atoms with Crippen molar-refractivity contribution in [2.24, 2.45) is 0 Å². The van der Waals surface area contributed by atoms with Gasteiger partial charge in [-0.25, -0.2) is 0 Å². The molecule has 5 heteroatoms. The molecule has 1 saturated heterocycles. The molecule has 4 nitrogen and oxygen atoms in total. The summed E-state index contributed by atoms with van der Waals surface area (Å²) in [7, 11) is 3.97. The second kappa shape index (κ2) is 9.13. The molecule has 0 amide bonds.